The molecule has 108 valence electrons. The van der Waals surface area contributed by atoms with Gasteiger partial charge in [-0.3, -0.25) is 4.79 Å². The summed E-state index contributed by atoms with van der Waals surface area (Å²) in [4.78, 5) is 15.9. The van der Waals surface area contributed by atoms with Crippen molar-refractivity contribution in [2.24, 2.45) is 0 Å². The number of ketones is 1. The van der Waals surface area contributed by atoms with Crippen LogP contribution < -0.4 is 0 Å². The van der Waals surface area contributed by atoms with Crippen LogP contribution in [0.1, 0.15) is 44.6 Å². The SMILES string of the molecule is CCCC(C(=O)CC)c1cccc2c1[nH]c1ccccc12. The smallest absolute Gasteiger partial charge is 0.140 e. The molecule has 3 aromatic rings. The molecule has 1 atom stereocenters. The second-order valence-electron chi connectivity index (χ2n) is 5.60. The summed E-state index contributed by atoms with van der Waals surface area (Å²) in [5, 5.41) is 2.45. The molecule has 1 N–H and O–H groups in total. The van der Waals surface area contributed by atoms with E-state index in [1.165, 1.54) is 10.8 Å². The van der Waals surface area contributed by atoms with E-state index in [1.807, 2.05) is 13.0 Å². The summed E-state index contributed by atoms with van der Waals surface area (Å²) in [6.45, 7) is 4.09. The van der Waals surface area contributed by atoms with E-state index in [0.717, 1.165) is 29.4 Å². The maximum absolute atomic E-state index is 12.3. The van der Waals surface area contributed by atoms with Crippen LogP contribution in [0, 0.1) is 0 Å². The first-order valence-electron chi connectivity index (χ1n) is 7.78. The van der Waals surface area contributed by atoms with Gasteiger partial charge < -0.3 is 4.98 Å². The Kier molecular flexibility index (Phi) is 3.78. The Morgan fingerprint density at radius 3 is 2.57 bits per heavy atom. The number of fused-ring (bicyclic) bond motifs is 3. The van der Waals surface area contributed by atoms with Crippen LogP contribution in [0.15, 0.2) is 42.5 Å². The molecule has 21 heavy (non-hydrogen) atoms. The first-order chi connectivity index (χ1) is 10.3. The highest BCUT2D eigenvalue weighted by Crippen LogP contribution is 2.33. The van der Waals surface area contributed by atoms with E-state index >= 15 is 0 Å². The molecule has 2 nitrogen and oxygen atoms in total. The highest BCUT2D eigenvalue weighted by molar-refractivity contribution is 6.09. The third-order valence-electron chi connectivity index (χ3n) is 4.26. The number of aromatic amines is 1. The van der Waals surface area contributed by atoms with Crippen LogP contribution in [0.25, 0.3) is 21.8 Å². The average Bonchev–Trinajstić information content (AvgIpc) is 2.91. The maximum atomic E-state index is 12.3. The summed E-state index contributed by atoms with van der Waals surface area (Å²) in [6.07, 6.45) is 2.54. The van der Waals surface area contributed by atoms with E-state index in [9.17, 15) is 4.79 Å². The van der Waals surface area contributed by atoms with Crippen molar-refractivity contribution >= 4 is 27.6 Å². The third-order valence-corrected chi connectivity index (χ3v) is 4.26. The summed E-state index contributed by atoms with van der Waals surface area (Å²) in [6, 6.07) is 14.6. The van der Waals surface area contributed by atoms with Gasteiger partial charge in [0, 0.05) is 28.6 Å². The highest BCUT2D eigenvalue weighted by Gasteiger charge is 2.21. The quantitative estimate of drug-likeness (QED) is 0.685. The number of hydrogen-bond donors (Lipinski definition) is 1. The summed E-state index contributed by atoms with van der Waals surface area (Å²) >= 11 is 0. The average molecular weight is 279 g/mol. The van der Waals surface area contributed by atoms with E-state index in [2.05, 4.69) is 48.3 Å². The van der Waals surface area contributed by atoms with Gasteiger partial charge in [0.25, 0.3) is 0 Å². The van der Waals surface area contributed by atoms with Gasteiger partial charge in [0.2, 0.25) is 0 Å². The lowest BCUT2D eigenvalue weighted by Gasteiger charge is -2.15. The molecule has 0 bridgehead atoms. The molecule has 0 amide bonds. The van der Waals surface area contributed by atoms with Gasteiger partial charge in [-0.05, 0) is 18.1 Å². The van der Waals surface area contributed by atoms with Gasteiger partial charge in [-0.25, -0.2) is 0 Å². The molecule has 0 aliphatic heterocycles. The molecule has 1 aromatic heterocycles. The van der Waals surface area contributed by atoms with Crippen LogP contribution in [0.3, 0.4) is 0 Å². The Balaban J connectivity index is 2.24. The molecular weight excluding hydrogens is 258 g/mol. The molecule has 0 aliphatic carbocycles. The van der Waals surface area contributed by atoms with Crippen molar-refractivity contribution in [2.45, 2.75) is 39.0 Å². The van der Waals surface area contributed by atoms with Gasteiger partial charge in [0.1, 0.15) is 5.78 Å². The second-order valence-corrected chi connectivity index (χ2v) is 5.60. The third kappa shape index (κ3) is 2.35. The summed E-state index contributed by atoms with van der Waals surface area (Å²) in [5.41, 5.74) is 3.41. The number of nitrogens with one attached hydrogen (secondary N) is 1. The summed E-state index contributed by atoms with van der Waals surface area (Å²) in [5.74, 6) is 0.347. The van der Waals surface area contributed by atoms with Gasteiger partial charge >= 0.3 is 0 Å². The molecule has 0 saturated heterocycles. The molecule has 0 radical (unpaired) electrons. The standard InChI is InChI=1S/C19H21NO/c1-3-8-14(18(21)4-2)16-11-7-10-15-13-9-5-6-12-17(13)20-19(15)16/h5-7,9-12,14,20H,3-4,8H2,1-2H3. The fourth-order valence-electron chi connectivity index (χ4n) is 3.21. The molecule has 0 fully saturated rings. The Labute approximate surface area is 125 Å². The lowest BCUT2D eigenvalue weighted by Crippen LogP contribution is -2.11. The van der Waals surface area contributed by atoms with Gasteiger partial charge in [0.15, 0.2) is 0 Å². The summed E-state index contributed by atoms with van der Waals surface area (Å²) < 4.78 is 0. The molecule has 0 aliphatic rings. The van der Waals surface area contributed by atoms with Gasteiger partial charge in [0.05, 0.1) is 5.52 Å². The zero-order chi connectivity index (χ0) is 14.8. The number of H-pyrrole nitrogens is 1. The molecule has 0 saturated carbocycles. The Morgan fingerprint density at radius 1 is 1.05 bits per heavy atom. The first-order valence-corrected chi connectivity index (χ1v) is 7.78. The van der Waals surface area contributed by atoms with Crippen LogP contribution in [-0.4, -0.2) is 10.8 Å². The van der Waals surface area contributed by atoms with Crippen molar-refractivity contribution in [3.05, 3.63) is 48.0 Å². The zero-order valence-electron chi connectivity index (χ0n) is 12.6. The first kappa shape index (κ1) is 13.9. The minimum absolute atomic E-state index is 0.0109. The van der Waals surface area contributed by atoms with Crippen molar-refractivity contribution in [3.63, 3.8) is 0 Å². The molecule has 2 aromatic carbocycles. The topological polar surface area (TPSA) is 32.9 Å². The van der Waals surface area contributed by atoms with Gasteiger partial charge in [-0.1, -0.05) is 56.7 Å². The second kappa shape index (κ2) is 5.72. The van der Waals surface area contributed by atoms with Crippen molar-refractivity contribution in [1.82, 2.24) is 4.98 Å². The minimum Gasteiger partial charge on any atom is -0.354 e. The van der Waals surface area contributed by atoms with Gasteiger partial charge in [-0.15, -0.1) is 0 Å². The number of para-hydroxylation sites is 2. The Bertz CT molecular complexity index is 784. The lowest BCUT2D eigenvalue weighted by molar-refractivity contribution is -0.120. The Morgan fingerprint density at radius 2 is 1.81 bits per heavy atom. The number of benzene rings is 2. The monoisotopic (exact) mass is 279 g/mol. The predicted octanol–water partition coefficient (Wildman–Crippen LogP) is 5.18. The maximum Gasteiger partial charge on any atom is 0.140 e. The zero-order valence-corrected chi connectivity index (χ0v) is 12.6. The normalized spacial score (nSPS) is 12.9. The molecule has 2 heteroatoms. The highest BCUT2D eigenvalue weighted by atomic mass is 16.1. The number of Topliss-reactive ketones (excluding diaryl/α,β-unsaturated/α-hetero) is 1. The van der Waals surface area contributed by atoms with Gasteiger partial charge in [-0.2, -0.15) is 0 Å². The van der Waals surface area contributed by atoms with E-state index in [1.54, 1.807) is 0 Å². The number of carbonyl (C=O) groups excluding carboxylic acids is 1. The van der Waals surface area contributed by atoms with Crippen molar-refractivity contribution in [3.8, 4) is 0 Å². The van der Waals surface area contributed by atoms with Crippen LogP contribution in [-0.2, 0) is 4.79 Å². The lowest BCUT2D eigenvalue weighted by atomic mass is 9.88. The molecular formula is C19H21NO. The fraction of sp³-hybridized carbons (Fsp3) is 0.316. The van der Waals surface area contributed by atoms with Crippen molar-refractivity contribution in [2.75, 3.05) is 0 Å². The summed E-state index contributed by atoms with van der Waals surface area (Å²) in [7, 11) is 0. The van der Waals surface area contributed by atoms with E-state index in [-0.39, 0.29) is 5.92 Å². The number of aromatic nitrogens is 1. The predicted molar refractivity (Wildman–Crippen MR) is 88.8 cm³/mol. The van der Waals surface area contributed by atoms with Crippen LogP contribution in [0.2, 0.25) is 0 Å². The number of hydrogen-bond acceptors (Lipinski definition) is 1. The Hall–Kier alpha value is -2.09. The molecule has 1 unspecified atom stereocenters. The number of rotatable bonds is 5. The van der Waals surface area contributed by atoms with Crippen LogP contribution >= 0.6 is 0 Å². The molecule has 0 spiro atoms. The van der Waals surface area contributed by atoms with E-state index in [0.29, 0.717) is 12.2 Å². The van der Waals surface area contributed by atoms with Crippen LogP contribution in [0.4, 0.5) is 0 Å². The largest absolute Gasteiger partial charge is 0.354 e. The molecule has 1 heterocycles. The minimum atomic E-state index is 0.0109. The van der Waals surface area contributed by atoms with E-state index in [4.69, 9.17) is 0 Å². The van der Waals surface area contributed by atoms with E-state index < -0.39 is 0 Å². The van der Waals surface area contributed by atoms with Crippen LogP contribution in [0.5, 0.6) is 0 Å². The molecule has 3 rings (SSSR count). The van der Waals surface area contributed by atoms with Crippen molar-refractivity contribution in [1.29, 1.82) is 0 Å². The van der Waals surface area contributed by atoms with Crippen molar-refractivity contribution < 1.29 is 4.79 Å². The number of carbonyl (C=O) groups is 1. The fourth-order valence-corrected chi connectivity index (χ4v) is 3.21.